The van der Waals surface area contributed by atoms with Gasteiger partial charge >= 0.3 is 0 Å². The average Bonchev–Trinajstić information content (AvgIpc) is 2.00. The lowest BCUT2D eigenvalue weighted by Gasteiger charge is -2.51. The second-order valence-electron chi connectivity index (χ2n) is 5.19. The van der Waals surface area contributed by atoms with E-state index < -0.39 is 5.54 Å². The summed E-state index contributed by atoms with van der Waals surface area (Å²) in [7, 11) is 0. The van der Waals surface area contributed by atoms with Gasteiger partial charge in [-0.2, -0.15) is 0 Å². The molecule has 4 fully saturated rings. The Morgan fingerprint density at radius 1 is 1.31 bits per heavy atom. The van der Waals surface area contributed by atoms with Gasteiger partial charge in [0.05, 0.1) is 0 Å². The van der Waals surface area contributed by atoms with E-state index in [-0.39, 0.29) is 4.92 Å². The number of nitro groups is 1. The molecular weight excluding hydrogens is 166 g/mol. The fourth-order valence-corrected chi connectivity index (χ4v) is 3.97. The van der Waals surface area contributed by atoms with Gasteiger partial charge in [-0.3, -0.25) is 10.1 Å². The third kappa shape index (κ3) is 0.960. The molecule has 4 rings (SSSR count). The molecule has 0 aromatic carbocycles. The summed E-state index contributed by atoms with van der Waals surface area (Å²) in [5.74, 6) is 2.80. The van der Waals surface area contributed by atoms with E-state index >= 15 is 0 Å². The molecule has 0 amide bonds. The molecule has 2 atom stereocenters. The minimum atomic E-state index is -0.514. The summed E-state index contributed by atoms with van der Waals surface area (Å²) in [6.45, 7) is 0. The first-order valence-electron chi connectivity index (χ1n) is 5.16. The van der Waals surface area contributed by atoms with Crippen molar-refractivity contribution in [1.82, 2.24) is 0 Å². The maximum Gasteiger partial charge on any atom is 0.223 e. The first-order valence-corrected chi connectivity index (χ1v) is 5.16. The first kappa shape index (κ1) is 7.77. The van der Waals surface area contributed by atoms with Crippen molar-refractivity contribution in [2.24, 2.45) is 11.8 Å². The molecule has 3 heteroatoms. The van der Waals surface area contributed by atoms with Crippen LogP contribution in [0.4, 0.5) is 0 Å². The molecule has 3 nitrogen and oxygen atoms in total. The zero-order valence-electron chi connectivity index (χ0n) is 7.66. The third-order valence-corrected chi connectivity index (χ3v) is 4.12. The van der Waals surface area contributed by atoms with Gasteiger partial charge in [0.15, 0.2) is 0 Å². The Labute approximate surface area is 77.7 Å². The van der Waals surface area contributed by atoms with Gasteiger partial charge in [0.1, 0.15) is 0 Å². The lowest BCUT2D eigenvalue weighted by atomic mass is 9.53. The summed E-state index contributed by atoms with van der Waals surface area (Å²) in [5.41, 5.74) is -0.514. The molecule has 0 spiro atoms. The molecule has 0 heterocycles. The molecule has 0 aromatic heterocycles. The molecule has 4 saturated carbocycles. The highest BCUT2D eigenvalue weighted by Gasteiger charge is 2.58. The normalized spacial score (nSPS) is 48.3. The van der Waals surface area contributed by atoms with Gasteiger partial charge in [0.25, 0.3) is 0 Å². The second-order valence-corrected chi connectivity index (χ2v) is 5.19. The van der Waals surface area contributed by atoms with Crippen LogP contribution in [0.15, 0.2) is 0 Å². The van der Waals surface area contributed by atoms with E-state index in [0.29, 0.717) is 11.8 Å². The van der Waals surface area contributed by atoms with Crippen LogP contribution in [0.3, 0.4) is 0 Å². The molecule has 1 radical (unpaired) electrons. The van der Waals surface area contributed by atoms with E-state index in [0.717, 1.165) is 19.3 Å². The van der Waals surface area contributed by atoms with Gasteiger partial charge in [-0.25, -0.2) is 0 Å². The maximum atomic E-state index is 11.0. The van der Waals surface area contributed by atoms with E-state index in [1.54, 1.807) is 0 Å². The number of hydrogen-bond acceptors (Lipinski definition) is 2. The standard InChI is InChI=1S/C10H14NO2/c12-11(13)10-4-7-1-8(5-10)3-9(2-7)6-10/h7-8H,1-6H2. The highest BCUT2D eigenvalue weighted by molar-refractivity contribution is 5.14. The summed E-state index contributed by atoms with van der Waals surface area (Å²) >= 11 is 0. The molecule has 0 saturated heterocycles. The lowest BCUT2D eigenvalue weighted by molar-refractivity contribution is -0.584. The summed E-state index contributed by atoms with van der Waals surface area (Å²) in [6, 6.07) is 0. The average molecular weight is 180 g/mol. The Hall–Kier alpha value is -0.600. The van der Waals surface area contributed by atoms with E-state index in [4.69, 9.17) is 0 Å². The van der Waals surface area contributed by atoms with Gasteiger partial charge in [0.2, 0.25) is 5.54 Å². The predicted octanol–water partition coefficient (Wildman–Crippen LogP) is 2.19. The van der Waals surface area contributed by atoms with Crippen molar-refractivity contribution in [3.8, 4) is 0 Å². The molecule has 2 unspecified atom stereocenters. The van der Waals surface area contributed by atoms with Crippen molar-refractivity contribution >= 4 is 0 Å². The zero-order chi connectivity index (χ0) is 9.05. The molecule has 13 heavy (non-hydrogen) atoms. The van der Waals surface area contributed by atoms with Crippen LogP contribution in [0.5, 0.6) is 0 Å². The molecule has 4 aliphatic carbocycles. The highest BCUT2D eigenvalue weighted by atomic mass is 16.6. The van der Waals surface area contributed by atoms with Crippen molar-refractivity contribution in [1.29, 1.82) is 0 Å². The van der Waals surface area contributed by atoms with Gasteiger partial charge in [-0.1, -0.05) is 0 Å². The summed E-state index contributed by atoms with van der Waals surface area (Å²) in [5, 5.41) is 11.0. The molecule has 0 aliphatic heterocycles. The molecule has 71 valence electrons. The van der Waals surface area contributed by atoms with Crippen LogP contribution in [0.25, 0.3) is 0 Å². The molecule has 0 aromatic rings. The number of nitrogens with zero attached hydrogens (tertiary/aromatic N) is 1. The topological polar surface area (TPSA) is 43.1 Å². The van der Waals surface area contributed by atoms with E-state index in [1.165, 1.54) is 25.2 Å². The van der Waals surface area contributed by atoms with Crippen molar-refractivity contribution in [2.75, 3.05) is 0 Å². The zero-order valence-corrected chi connectivity index (χ0v) is 7.66. The van der Waals surface area contributed by atoms with Gasteiger partial charge in [-0.05, 0) is 37.0 Å². The smallest absolute Gasteiger partial charge is 0.223 e. The van der Waals surface area contributed by atoms with Crippen LogP contribution in [-0.4, -0.2) is 10.5 Å². The number of hydrogen-bond donors (Lipinski definition) is 0. The molecule has 0 N–H and O–H groups in total. The van der Waals surface area contributed by atoms with Crippen LogP contribution in [0.2, 0.25) is 0 Å². The van der Waals surface area contributed by atoms with Crippen LogP contribution in [0.1, 0.15) is 38.5 Å². The summed E-state index contributed by atoms with van der Waals surface area (Å²) < 4.78 is 0. The minimum Gasteiger partial charge on any atom is -0.264 e. The monoisotopic (exact) mass is 180 g/mol. The Bertz CT molecular complexity index is 226. The van der Waals surface area contributed by atoms with E-state index in [2.05, 4.69) is 0 Å². The van der Waals surface area contributed by atoms with Gasteiger partial charge < -0.3 is 0 Å². The Kier molecular flexibility index (Phi) is 1.35. The first-order chi connectivity index (χ1) is 6.18. The Morgan fingerprint density at radius 2 is 1.92 bits per heavy atom. The second kappa shape index (κ2) is 2.25. The van der Waals surface area contributed by atoms with Crippen molar-refractivity contribution in [3.05, 3.63) is 16.0 Å². The highest BCUT2D eigenvalue weighted by Crippen LogP contribution is 2.57. The van der Waals surface area contributed by atoms with Gasteiger partial charge in [-0.15, -0.1) is 0 Å². The van der Waals surface area contributed by atoms with Crippen LogP contribution < -0.4 is 0 Å². The maximum absolute atomic E-state index is 11.0. The van der Waals surface area contributed by atoms with Gasteiger partial charge in [0, 0.05) is 24.2 Å². The van der Waals surface area contributed by atoms with Crippen LogP contribution in [0, 0.1) is 27.9 Å². The minimum absolute atomic E-state index is 0.0183. The van der Waals surface area contributed by atoms with Crippen molar-refractivity contribution in [2.45, 2.75) is 44.1 Å². The van der Waals surface area contributed by atoms with E-state index in [9.17, 15) is 10.1 Å². The predicted molar refractivity (Wildman–Crippen MR) is 47.7 cm³/mol. The van der Waals surface area contributed by atoms with E-state index in [1.807, 2.05) is 0 Å². The largest absolute Gasteiger partial charge is 0.264 e. The molecule has 4 bridgehead atoms. The Balaban J connectivity index is 1.95. The lowest BCUT2D eigenvalue weighted by Crippen LogP contribution is -2.54. The van der Waals surface area contributed by atoms with Crippen molar-refractivity contribution < 1.29 is 4.92 Å². The molecule has 4 aliphatic rings. The van der Waals surface area contributed by atoms with Crippen LogP contribution in [-0.2, 0) is 0 Å². The fourth-order valence-electron chi connectivity index (χ4n) is 3.97. The molecular formula is C10H14NO2. The fraction of sp³-hybridized carbons (Fsp3) is 0.900. The summed E-state index contributed by atoms with van der Waals surface area (Å²) in [4.78, 5) is 11.1. The summed E-state index contributed by atoms with van der Waals surface area (Å²) in [6.07, 6.45) is 6.18. The van der Waals surface area contributed by atoms with Crippen molar-refractivity contribution in [3.63, 3.8) is 0 Å². The Morgan fingerprint density at radius 3 is 2.38 bits per heavy atom. The quantitative estimate of drug-likeness (QED) is 0.458. The SMILES string of the molecule is O=[N+]([O-])C12C[C]3CC(CC(C3)C1)C2. The van der Waals surface area contributed by atoms with Crippen LogP contribution >= 0.6 is 0 Å². The third-order valence-electron chi connectivity index (χ3n) is 4.12. The number of rotatable bonds is 1.